The van der Waals surface area contributed by atoms with Crippen molar-refractivity contribution in [2.45, 2.75) is 44.6 Å². The molecule has 1 heterocycles. The summed E-state index contributed by atoms with van der Waals surface area (Å²) in [6, 6.07) is 3.23. The van der Waals surface area contributed by atoms with Crippen molar-refractivity contribution in [1.82, 2.24) is 9.55 Å². The number of methoxy groups -OCH3 is 1. The highest BCUT2D eigenvalue weighted by molar-refractivity contribution is 6.17. The number of benzene rings is 1. The largest absolute Gasteiger partial charge is 0.494 e. The molecule has 0 N–H and O–H groups in total. The molecule has 2 aromatic rings. The van der Waals surface area contributed by atoms with E-state index in [0.717, 1.165) is 30.6 Å². The maximum atomic E-state index is 13.9. The van der Waals surface area contributed by atoms with Gasteiger partial charge in [-0.15, -0.1) is 11.6 Å². The molecule has 3 rings (SSSR count). The van der Waals surface area contributed by atoms with Crippen LogP contribution in [0, 0.1) is 5.82 Å². The molecule has 1 aliphatic rings. The molecular weight excluding hydrogens is 291 g/mol. The third kappa shape index (κ3) is 2.20. The second-order valence-electron chi connectivity index (χ2n) is 5.71. The Morgan fingerprint density at radius 3 is 2.71 bits per heavy atom. The Labute approximate surface area is 129 Å². The summed E-state index contributed by atoms with van der Waals surface area (Å²) >= 11 is 5.93. The van der Waals surface area contributed by atoms with Crippen molar-refractivity contribution in [3.05, 3.63) is 23.8 Å². The molecule has 1 aromatic heterocycles. The van der Waals surface area contributed by atoms with Crippen LogP contribution in [-0.4, -0.2) is 22.5 Å². The summed E-state index contributed by atoms with van der Waals surface area (Å²) in [6.07, 6.45) is 5.26. The van der Waals surface area contributed by atoms with Crippen LogP contribution in [0.3, 0.4) is 0 Å². The lowest BCUT2D eigenvalue weighted by Gasteiger charge is -2.44. The lowest BCUT2D eigenvalue weighted by Crippen LogP contribution is -2.41. The molecule has 0 bridgehead atoms. The van der Waals surface area contributed by atoms with E-state index >= 15 is 0 Å². The third-order valence-corrected chi connectivity index (χ3v) is 4.92. The first-order valence-electron chi connectivity index (χ1n) is 7.46. The molecule has 1 saturated carbocycles. The van der Waals surface area contributed by atoms with Crippen molar-refractivity contribution in [3.8, 4) is 5.75 Å². The van der Waals surface area contributed by atoms with Crippen molar-refractivity contribution >= 4 is 22.6 Å². The van der Waals surface area contributed by atoms with E-state index in [4.69, 9.17) is 16.3 Å². The van der Waals surface area contributed by atoms with Gasteiger partial charge in [0.1, 0.15) is 5.82 Å². The number of aromatic nitrogens is 2. The molecule has 0 saturated heterocycles. The minimum atomic E-state index is -0.369. The van der Waals surface area contributed by atoms with Crippen LogP contribution >= 0.6 is 11.6 Å². The van der Waals surface area contributed by atoms with Gasteiger partial charge in [0.25, 0.3) is 0 Å². The summed E-state index contributed by atoms with van der Waals surface area (Å²) in [5.41, 5.74) is 1.75. The van der Waals surface area contributed by atoms with Crippen LogP contribution < -0.4 is 4.74 Å². The van der Waals surface area contributed by atoms with Gasteiger partial charge in [-0.25, -0.2) is 9.37 Å². The van der Waals surface area contributed by atoms with Crippen LogP contribution in [0.5, 0.6) is 5.75 Å². The van der Waals surface area contributed by atoms with Crippen LogP contribution in [0.1, 0.15) is 38.4 Å². The molecule has 0 radical (unpaired) electrons. The lowest BCUT2D eigenvalue weighted by atomic mass is 9.74. The van der Waals surface area contributed by atoms with E-state index in [1.54, 1.807) is 6.07 Å². The average Bonchev–Trinajstić information content (AvgIpc) is 2.76. The van der Waals surface area contributed by atoms with Crippen LogP contribution in [0.25, 0.3) is 11.0 Å². The van der Waals surface area contributed by atoms with E-state index in [9.17, 15) is 4.39 Å². The fourth-order valence-corrected chi connectivity index (χ4v) is 3.56. The summed E-state index contributed by atoms with van der Waals surface area (Å²) in [5.74, 6) is 1.37. The van der Waals surface area contributed by atoms with Crippen molar-refractivity contribution in [2.24, 2.45) is 0 Å². The molecule has 3 nitrogen and oxygen atoms in total. The van der Waals surface area contributed by atoms with Gasteiger partial charge in [0.05, 0.1) is 18.1 Å². The predicted molar refractivity (Wildman–Crippen MR) is 82.8 cm³/mol. The van der Waals surface area contributed by atoms with Crippen LogP contribution in [0.15, 0.2) is 12.1 Å². The molecule has 0 spiro atoms. The topological polar surface area (TPSA) is 27.1 Å². The first-order valence-corrected chi connectivity index (χ1v) is 8.00. The molecule has 0 aliphatic heterocycles. The smallest absolute Gasteiger partial charge is 0.167 e. The maximum absolute atomic E-state index is 13.9. The summed E-state index contributed by atoms with van der Waals surface area (Å²) in [5, 5.41) is 0. The minimum Gasteiger partial charge on any atom is -0.494 e. The summed E-state index contributed by atoms with van der Waals surface area (Å²) < 4.78 is 21.3. The zero-order chi connectivity index (χ0) is 15.0. The number of hydrogen-bond acceptors (Lipinski definition) is 2. The average molecular weight is 311 g/mol. The van der Waals surface area contributed by atoms with Crippen LogP contribution in [-0.2, 0) is 12.0 Å². The predicted octanol–water partition coefficient (Wildman–Crippen LogP) is 4.25. The summed E-state index contributed by atoms with van der Waals surface area (Å²) in [4.78, 5) is 4.62. The number of alkyl halides is 1. The van der Waals surface area contributed by atoms with Crippen molar-refractivity contribution in [2.75, 3.05) is 13.0 Å². The molecule has 0 atom stereocenters. The number of fused-ring (bicyclic) bond motifs is 1. The highest BCUT2D eigenvalue weighted by atomic mass is 35.5. The number of aryl methyl sites for hydroxylation is 1. The van der Waals surface area contributed by atoms with Crippen LogP contribution in [0.2, 0.25) is 0 Å². The standard InChI is InChI=1S/C16H20ClFN2O/c1-3-16(6-4-7-16)20-13-10-14(21-2)11(18)9-12(13)19-15(20)5-8-17/h9-10H,3-8H2,1-2H3. The van der Waals surface area contributed by atoms with Gasteiger partial charge in [-0.05, 0) is 25.7 Å². The number of hydrogen-bond donors (Lipinski definition) is 0. The molecule has 1 aromatic carbocycles. The van der Waals surface area contributed by atoms with E-state index in [2.05, 4.69) is 16.5 Å². The number of halogens is 2. The Hall–Kier alpha value is -1.29. The molecule has 1 aliphatic carbocycles. The molecule has 5 heteroatoms. The van der Waals surface area contributed by atoms with Gasteiger partial charge in [0, 0.05) is 30.0 Å². The molecule has 1 fully saturated rings. The number of imidazole rings is 1. The normalized spacial score (nSPS) is 17.0. The first kappa shape index (κ1) is 14.6. The van der Waals surface area contributed by atoms with E-state index in [1.165, 1.54) is 19.6 Å². The highest BCUT2D eigenvalue weighted by Gasteiger charge is 2.39. The minimum absolute atomic E-state index is 0.110. The van der Waals surface area contributed by atoms with Gasteiger partial charge >= 0.3 is 0 Å². The van der Waals surface area contributed by atoms with Gasteiger partial charge < -0.3 is 9.30 Å². The van der Waals surface area contributed by atoms with Gasteiger partial charge in [0.15, 0.2) is 11.6 Å². The molecule has 114 valence electrons. The third-order valence-electron chi connectivity index (χ3n) is 4.73. The van der Waals surface area contributed by atoms with Gasteiger partial charge in [0.2, 0.25) is 0 Å². The fraction of sp³-hybridized carbons (Fsp3) is 0.562. The fourth-order valence-electron chi connectivity index (χ4n) is 3.39. The van der Waals surface area contributed by atoms with Gasteiger partial charge in [-0.3, -0.25) is 0 Å². The number of nitrogens with zero attached hydrogens (tertiary/aromatic N) is 2. The van der Waals surface area contributed by atoms with E-state index in [-0.39, 0.29) is 17.1 Å². The Balaban J connectivity index is 2.25. The summed E-state index contributed by atoms with van der Waals surface area (Å²) in [7, 11) is 1.49. The van der Waals surface area contributed by atoms with Gasteiger partial charge in [-0.2, -0.15) is 0 Å². The maximum Gasteiger partial charge on any atom is 0.167 e. The zero-order valence-electron chi connectivity index (χ0n) is 12.5. The molecular formula is C16H20ClFN2O. The highest BCUT2D eigenvalue weighted by Crippen LogP contribution is 2.45. The Morgan fingerprint density at radius 1 is 1.43 bits per heavy atom. The summed E-state index contributed by atoms with van der Waals surface area (Å²) in [6.45, 7) is 2.20. The first-order chi connectivity index (χ1) is 10.1. The monoisotopic (exact) mass is 310 g/mol. The van der Waals surface area contributed by atoms with Crippen molar-refractivity contribution in [1.29, 1.82) is 0 Å². The molecule has 0 amide bonds. The van der Waals surface area contributed by atoms with Crippen molar-refractivity contribution < 1.29 is 9.13 Å². The Kier molecular flexibility index (Phi) is 3.82. The van der Waals surface area contributed by atoms with E-state index < -0.39 is 0 Å². The quantitative estimate of drug-likeness (QED) is 0.772. The van der Waals surface area contributed by atoms with Crippen molar-refractivity contribution in [3.63, 3.8) is 0 Å². The second-order valence-corrected chi connectivity index (χ2v) is 6.09. The van der Waals surface area contributed by atoms with Crippen LogP contribution in [0.4, 0.5) is 4.39 Å². The SMILES string of the molecule is CCC1(n2c(CCCl)nc3cc(F)c(OC)cc32)CCC1. The lowest BCUT2D eigenvalue weighted by molar-refractivity contribution is 0.137. The second kappa shape index (κ2) is 5.48. The van der Waals surface area contributed by atoms with E-state index in [0.29, 0.717) is 17.8 Å². The van der Waals surface area contributed by atoms with E-state index in [1.807, 2.05) is 0 Å². The molecule has 0 unspecified atom stereocenters. The van der Waals surface area contributed by atoms with Gasteiger partial charge in [-0.1, -0.05) is 6.92 Å². The Morgan fingerprint density at radius 2 is 2.19 bits per heavy atom. The number of rotatable bonds is 5. The zero-order valence-corrected chi connectivity index (χ0v) is 13.2. The Bertz CT molecular complexity index is 658. The molecule has 21 heavy (non-hydrogen) atoms. The number of ether oxygens (including phenoxy) is 1.